The van der Waals surface area contributed by atoms with Crippen LogP contribution in [0, 0.1) is 16.7 Å². The molecule has 0 bridgehead atoms. The molecule has 2 rings (SSSR count). The highest BCUT2D eigenvalue weighted by atomic mass is 16.3. The van der Waals surface area contributed by atoms with E-state index in [0.29, 0.717) is 17.8 Å². The molecular formula is C16H21N3O2. The van der Waals surface area contributed by atoms with E-state index in [0.717, 1.165) is 25.9 Å². The van der Waals surface area contributed by atoms with E-state index in [4.69, 9.17) is 5.26 Å². The molecule has 2 N–H and O–H groups in total. The zero-order valence-corrected chi connectivity index (χ0v) is 12.3. The number of nitriles is 1. The largest absolute Gasteiger partial charge is 0.396 e. The van der Waals surface area contributed by atoms with E-state index in [-0.39, 0.29) is 17.9 Å². The van der Waals surface area contributed by atoms with E-state index in [9.17, 15) is 9.90 Å². The Balaban J connectivity index is 1.91. The van der Waals surface area contributed by atoms with Crippen LogP contribution >= 0.6 is 0 Å². The van der Waals surface area contributed by atoms with Gasteiger partial charge in [0.1, 0.15) is 0 Å². The van der Waals surface area contributed by atoms with Gasteiger partial charge < -0.3 is 10.4 Å². The monoisotopic (exact) mass is 287 g/mol. The summed E-state index contributed by atoms with van der Waals surface area (Å²) in [7, 11) is 0. The van der Waals surface area contributed by atoms with Crippen molar-refractivity contribution >= 4 is 11.6 Å². The molecule has 1 aromatic rings. The first-order valence-electron chi connectivity index (χ1n) is 7.18. The summed E-state index contributed by atoms with van der Waals surface area (Å²) in [5.41, 5.74) is 1.05. The molecule has 1 aliphatic rings. The number of nitrogens with zero attached hydrogens (tertiary/aromatic N) is 2. The lowest BCUT2D eigenvalue weighted by atomic mass is 9.83. The van der Waals surface area contributed by atoms with E-state index in [2.05, 4.69) is 16.3 Å². The Hall–Kier alpha value is -1.90. The predicted octanol–water partition coefficient (Wildman–Crippen LogP) is 1.59. The third-order valence-corrected chi connectivity index (χ3v) is 3.88. The van der Waals surface area contributed by atoms with Crippen LogP contribution in [0.25, 0.3) is 0 Å². The van der Waals surface area contributed by atoms with Crippen LogP contribution in [0.4, 0.5) is 5.69 Å². The number of anilines is 1. The van der Waals surface area contributed by atoms with Crippen molar-refractivity contribution in [1.82, 2.24) is 4.90 Å². The van der Waals surface area contributed by atoms with Gasteiger partial charge >= 0.3 is 0 Å². The second-order valence-corrected chi connectivity index (χ2v) is 6.02. The first-order valence-corrected chi connectivity index (χ1v) is 7.18. The summed E-state index contributed by atoms with van der Waals surface area (Å²) in [6, 6.07) is 8.93. The number of aliphatic hydroxyl groups is 1. The SMILES string of the molecule is CC1(CO)CCCN(CC(=O)Nc2cccc(C#N)c2)C1. The maximum atomic E-state index is 12.1. The molecule has 0 aliphatic carbocycles. The highest BCUT2D eigenvalue weighted by Gasteiger charge is 2.30. The van der Waals surface area contributed by atoms with Crippen LogP contribution in [0.2, 0.25) is 0 Å². The zero-order valence-electron chi connectivity index (χ0n) is 12.3. The third-order valence-electron chi connectivity index (χ3n) is 3.88. The zero-order chi connectivity index (χ0) is 15.3. The first kappa shape index (κ1) is 15.5. The van der Waals surface area contributed by atoms with E-state index in [1.54, 1.807) is 24.3 Å². The van der Waals surface area contributed by atoms with Crippen LogP contribution in [0.3, 0.4) is 0 Å². The Kier molecular flexibility index (Phi) is 4.94. The maximum absolute atomic E-state index is 12.1. The van der Waals surface area contributed by atoms with Gasteiger partial charge in [0.05, 0.1) is 18.2 Å². The minimum Gasteiger partial charge on any atom is -0.396 e. The fraction of sp³-hybridized carbons (Fsp3) is 0.500. The molecule has 1 saturated heterocycles. The molecule has 0 aromatic heterocycles. The standard InChI is InChI=1S/C16H21N3O2/c1-16(12-20)6-3-7-19(11-16)10-15(21)18-14-5-2-4-13(8-14)9-17/h2,4-5,8,20H,3,6-7,10-12H2,1H3,(H,18,21). The average molecular weight is 287 g/mol. The molecular weight excluding hydrogens is 266 g/mol. The Morgan fingerprint density at radius 1 is 1.57 bits per heavy atom. The molecule has 0 spiro atoms. The van der Waals surface area contributed by atoms with Gasteiger partial charge in [0, 0.05) is 24.3 Å². The lowest BCUT2D eigenvalue weighted by molar-refractivity contribution is -0.118. The van der Waals surface area contributed by atoms with Gasteiger partial charge in [-0.3, -0.25) is 9.69 Å². The molecule has 112 valence electrons. The molecule has 1 fully saturated rings. The summed E-state index contributed by atoms with van der Waals surface area (Å²) in [6.07, 6.45) is 1.99. The highest BCUT2D eigenvalue weighted by molar-refractivity contribution is 5.92. The number of hydrogen-bond donors (Lipinski definition) is 2. The van der Waals surface area contributed by atoms with Gasteiger partial charge in [0.2, 0.25) is 5.91 Å². The minimum atomic E-state index is -0.112. The van der Waals surface area contributed by atoms with Crippen molar-refractivity contribution in [3.63, 3.8) is 0 Å². The smallest absolute Gasteiger partial charge is 0.238 e. The summed E-state index contributed by atoms with van der Waals surface area (Å²) in [5, 5.41) is 21.1. The first-order chi connectivity index (χ1) is 10.0. The molecule has 1 heterocycles. The van der Waals surface area contributed by atoms with Crippen LogP contribution in [-0.4, -0.2) is 42.2 Å². The second kappa shape index (κ2) is 6.70. The molecule has 1 atom stereocenters. The van der Waals surface area contributed by atoms with Crippen molar-refractivity contribution in [2.75, 3.05) is 31.6 Å². The van der Waals surface area contributed by atoms with Crippen molar-refractivity contribution in [2.24, 2.45) is 5.41 Å². The lowest BCUT2D eigenvalue weighted by Gasteiger charge is -2.38. The van der Waals surface area contributed by atoms with Crippen molar-refractivity contribution < 1.29 is 9.90 Å². The fourth-order valence-corrected chi connectivity index (χ4v) is 2.76. The number of rotatable bonds is 4. The van der Waals surface area contributed by atoms with E-state index >= 15 is 0 Å². The number of likely N-dealkylation sites (tertiary alicyclic amines) is 1. The summed E-state index contributed by atoms with van der Waals surface area (Å²) in [6.45, 7) is 4.12. The third kappa shape index (κ3) is 4.28. The van der Waals surface area contributed by atoms with Gasteiger partial charge in [-0.25, -0.2) is 0 Å². The number of hydrogen-bond acceptors (Lipinski definition) is 4. The number of benzene rings is 1. The number of aliphatic hydroxyl groups excluding tert-OH is 1. The van der Waals surface area contributed by atoms with Crippen LogP contribution in [0.1, 0.15) is 25.3 Å². The molecule has 1 aromatic carbocycles. The average Bonchev–Trinajstić information content (AvgIpc) is 2.47. The molecule has 1 unspecified atom stereocenters. The fourth-order valence-electron chi connectivity index (χ4n) is 2.76. The van der Waals surface area contributed by atoms with Gasteiger partial charge in [0.15, 0.2) is 0 Å². The van der Waals surface area contributed by atoms with Gasteiger partial charge in [0.25, 0.3) is 0 Å². The van der Waals surface area contributed by atoms with Crippen molar-refractivity contribution in [3.8, 4) is 6.07 Å². The molecule has 21 heavy (non-hydrogen) atoms. The predicted molar refractivity (Wildman–Crippen MR) is 80.7 cm³/mol. The summed E-state index contributed by atoms with van der Waals surface area (Å²) < 4.78 is 0. The van der Waals surface area contributed by atoms with Crippen LogP contribution in [0.15, 0.2) is 24.3 Å². The second-order valence-electron chi connectivity index (χ2n) is 6.02. The topological polar surface area (TPSA) is 76.4 Å². The molecule has 1 aliphatic heterocycles. The quantitative estimate of drug-likeness (QED) is 0.881. The van der Waals surface area contributed by atoms with Crippen molar-refractivity contribution in [3.05, 3.63) is 29.8 Å². The Morgan fingerprint density at radius 2 is 2.38 bits per heavy atom. The summed E-state index contributed by atoms with van der Waals surface area (Å²) in [4.78, 5) is 14.2. The van der Waals surface area contributed by atoms with Crippen molar-refractivity contribution in [1.29, 1.82) is 5.26 Å². The van der Waals surface area contributed by atoms with E-state index in [1.165, 1.54) is 0 Å². The van der Waals surface area contributed by atoms with E-state index < -0.39 is 0 Å². The number of nitrogens with one attached hydrogen (secondary N) is 1. The molecule has 1 amide bonds. The van der Waals surface area contributed by atoms with E-state index in [1.807, 2.05) is 6.92 Å². The number of carbonyl (C=O) groups excluding carboxylic acids is 1. The van der Waals surface area contributed by atoms with Gasteiger partial charge in [-0.05, 0) is 37.6 Å². The van der Waals surface area contributed by atoms with Crippen LogP contribution in [0.5, 0.6) is 0 Å². The Bertz CT molecular complexity index is 553. The number of piperidine rings is 1. The minimum absolute atomic E-state index is 0.0905. The Labute approximate surface area is 125 Å². The summed E-state index contributed by atoms with van der Waals surface area (Å²) >= 11 is 0. The molecule has 5 nitrogen and oxygen atoms in total. The normalized spacial score (nSPS) is 22.5. The van der Waals surface area contributed by atoms with Crippen LogP contribution < -0.4 is 5.32 Å². The van der Waals surface area contributed by atoms with Crippen molar-refractivity contribution in [2.45, 2.75) is 19.8 Å². The lowest BCUT2D eigenvalue weighted by Crippen LogP contribution is -2.46. The summed E-state index contributed by atoms with van der Waals surface area (Å²) in [5.74, 6) is -0.0905. The molecule has 0 radical (unpaired) electrons. The Morgan fingerprint density at radius 3 is 3.10 bits per heavy atom. The number of amides is 1. The molecule has 0 saturated carbocycles. The van der Waals surface area contributed by atoms with Gasteiger partial charge in [-0.2, -0.15) is 5.26 Å². The highest BCUT2D eigenvalue weighted by Crippen LogP contribution is 2.28. The number of carbonyl (C=O) groups is 1. The van der Waals surface area contributed by atoms with Gasteiger partial charge in [-0.15, -0.1) is 0 Å². The van der Waals surface area contributed by atoms with Crippen LogP contribution in [-0.2, 0) is 4.79 Å². The van der Waals surface area contributed by atoms with Gasteiger partial charge in [-0.1, -0.05) is 13.0 Å². The maximum Gasteiger partial charge on any atom is 0.238 e. The molecule has 5 heteroatoms.